The number of methoxy groups -OCH3 is 1. The van der Waals surface area contributed by atoms with Gasteiger partial charge in [0.05, 0.1) is 12.8 Å². The number of thiazole rings is 1. The van der Waals surface area contributed by atoms with Gasteiger partial charge in [-0.2, -0.15) is 0 Å². The SMILES string of the molecule is COc1cc(N2CCc3nc(-c4ccc(C)cc4)sc3C2=O)ccc1OCC=O. The van der Waals surface area contributed by atoms with E-state index in [1.165, 1.54) is 24.0 Å². The average molecular weight is 408 g/mol. The number of hydrogen-bond donors (Lipinski definition) is 0. The molecular weight excluding hydrogens is 388 g/mol. The zero-order chi connectivity index (χ0) is 20.4. The van der Waals surface area contributed by atoms with Crippen LogP contribution in [0.1, 0.15) is 20.9 Å². The Morgan fingerprint density at radius 2 is 1.97 bits per heavy atom. The van der Waals surface area contributed by atoms with Crippen molar-refractivity contribution < 1.29 is 19.1 Å². The summed E-state index contributed by atoms with van der Waals surface area (Å²) >= 11 is 1.43. The van der Waals surface area contributed by atoms with Gasteiger partial charge >= 0.3 is 0 Å². The average Bonchev–Trinajstić information content (AvgIpc) is 3.18. The molecular formula is C22H20N2O4S. The number of nitrogens with zero attached hydrogens (tertiary/aromatic N) is 2. The Labute approximate surface area is 172 Å². The molecule has 4 rings (SSSR count). The predicted molar refractivity (Wildman–Crippen MR) is 112 cm³/mol. The van der Waals surface area contributed by atoms with Crippen LogP contribution in [0.5, 0.6) is 11.5 Å². The number of ether oxygens (including phenoxy) is 2. The minimum absolute atomic E-state index is 0.0512. The van der Waals surface area contributed by atoms with Crippen molar-refractivity contribution in [2.75, 3.05) is 25.2 Å². The van der Waals surface area contributed by atoms with Crippen molar-refractivity contribution in [1.82, 2.24) is 4.98 Å². The Morgan fingerprint density at radius 1 is 1.17 bits per heavy atom. The van der Waals surface area contributed by atoms with E-state index in [9.17, 15) is 9.59 Å². The molecule has 0 saturated carbocycles. The van der Waals surface area contributed by atoms with Crippen LogP contribution in [0.2, 0.25) is 0 Å². The predicted octanol–water partition coefficient (Wildman–Crippen LogP) is 3.91. The molecule has 1 aliphatic rings. The summed E-state index contributed by atoms with van der Waals surface area (Å²) in [6.45, 7) is 2.53. The summed E-state index contributed by atoms with van der Waals surface area (Å²) in [5.74, 6) is 0.881. The molecule has 0 aliphatic carbocycles. The van der Waals surface area contributed by atoms with Gasteiger partial charge < -0.3 is 14.4 Å². The highest BCUT2D eigenvalue weighted by Crippen LogP contribution is 2.36. The first-order valence-electron chi connectivity index (χ1n) is 9.24. The fourth-order valence-corrected chi connectivity index (χ4v) is 4.33. The van der Waals surface area contributed by atoms with Gasteiger partial charge in [0.15, 0.2) is 17.8 Å². The smallest absolute Gasteiger partial charge is 0.270 e. The fourth-order valence-electron chi connectivity index (χ4n) is 3.26. The van der Waals surface area contributed by atoms with Crippen LogP contribution in [0, 0.1) is 6.92 Å². The van der Waals surface area contributed by atoms with Gasteiger partial charge in [0.1, 0.15) is 16.5 Å². The van der Waals surface area contributed by atoms with Crippen LogP contribution in [-0.2, 0) is 11.2 Å². The molecule has 0 saturated heterocycles. The summed E-state index contributed by atoms with van der Waals surface area (Å²) in [4.78, 5) is 30.8. The summed E-state index contributed by atoms with van der Waals surface area (Å²) in [7, 11) is 1.53. The Balaban J connectivity index is 1.62. The quantitative estimate of drug-likeness (QED) is 0.579. The third-order valence-corrected chi connectivity index (χ3v) is 5.91. The molecule has 2 aromatic carbocycles. The first-order valence-corrected chi connectivity index (χ1v) is 10.1. The summed E-state index contributed by atoms with van der Waals surface area (Å²) in [6.07, 6.45) is 1.37. The van der Waals surface area contributed by atoms with E-state index in [-0.39, 0.29) is 12.5 Å². The van der Waals surface area contributed by atoms with Gasteiger partial charge in [-0.25, -0.2) is 4.98 Å². The van der Waals surface area contributed by atoms with E-state index in [0.29, 0.717) is 35.6 Å². The van der Waals surface area contributed by atoms with Crippen LogP contribution in [0.25, 0.3) is 10.6 Å². The second-order valence-corrected chi connectivity index (χ2v) is 7.68. The van der Waals surface area contributed by atoms with Crippen LogP contribution in [-0.4, -0.2) is 37.4 Å². The van der Waals surface area contributed by atoms with E-state index in [1.54, 1.807) is 23.1 Å². The molecule has 3 aromatic rings. The normalized spacial score (nSPS) is 13.2. The van der Waals surface area contributed by atoms with Gasteiger partial charge in [0.25, 0.3) is 5.91 Å². The van der Waals surface area contributed by atoms with E-state index in [1.807, 2.05) is 31.2 Å². The summed E-state index contributed by atoms with van der Waals surface area (Å²) < 4.78 is 10.7. The highest BCUT2D eigenvalue weighted by Gasteiger charge is 2.30. The van der Waals surface area contributed by atoms with E-state index in [2.05, 4.69) is 0 Å². The minimum atomic E-state index is -0.0641. The van der Waals surface area contributed by atoms with Gasteiger partial charge in [-0.05, 0) is 19.1 Å². The Hall–Kier alpha value is -3.19. The molecule has 6 nitrogen and oxygen atoms in total. The van der Waals surface area contributed by atoms with Gasteiger partial charge in [-0.3, -0.25) is 9.59 Å². The molecule has 1 amide bonds. The highest BCUT2D eigenvalue weighted by atomic mass is 32.1. The van der Waals surface area contributed by atoms with Gasteiger partial charge in [-0.15, -0.1) is 11.3 Å². The third-order valence-electron chi connectivity index (χ3n) is 4.77. The molecule has 1 aliphatic heterocycles. The zero-order valence-electron chi connectivity index (χ0n) is 16.2. The number of aromatic nitrogens is 1. The van der Waals surface area contributed by atoms with E-state index >= 15 is 0 Å². The lowest BCUT2D eigenvalue weighted by Gasteiger charge is -2.26. The van der Waals surface area contributed by atoms with E-state index in [0.717, 1.165) is 22.0 Å². The van der Waals surface area contributed by atoms with Crippen molar-refractivity contribution in [3.05, 3.63) is 58.6 Å². The minimum Gasteiger partial charge on any atom is -0.493 e. The van der Waals surface area contributed by atoms with Crippen LogP contribution < -0.4 is 14.4 Å². The molecule has 0 unspecified atom stereocenters. The summed E-state index contributed by atoms with van der Waals surface area (Å²) in [6, 6.07) is 13.4. The van der Waals surface area contributed by atoms with Crippen molar-refractivity contribution >= 4 is 29.2 Å². The number of rotatable bonds is 6. The molecule has 0 spiro atoms. The second kappa shape index (κ2) is 8.05. The van der Waals surface area contributed by atoms with Crippen LogP contribution >= 0.6 is 11.3 Å². The number of amides is 1. The maximum absolute atomic E-state index is 13.2. The molecule has 0 fully saturated rings. The van der Waals surface area contributed by atoms with Gasteiger partial charge in [0, 0.05) is 30.3 Å². The van der Waals surface area contributed by atoms with E-state index < -0.39 is 0 Å². The molecule has 0 bridgehead atoms. The number of hydrogen-bond acceptors (Lipinski definition) is 6. The Kier molecular flexibility index (Phi) is 5.31. The van der Waals surface area contributed by atoms with Crippen molar-refractivity contribution in [2.24, 2.45) is 0 Å². The molecule has 2 heterocycles. The maximum atomic E-state index is 13.2. The topological polar surface area (TPSA) is 68.7 Å². The number of carbonyl (C=O) groups excluding carboxylic acids is 2. The summed E-state index contributed by atoms with van der Waals surface area (Å²) in [5.41, 5.74) is 3.78. The number of benzene rings is 2. The first-order chi connectivity index (χ1) is 14.1. The number of aryl methyl sites for hydroxylation is 1. The second-order valence-electron chi connectivity index (χ2n) is 6.68. The van der Waals surface area contributed by atoms with Gasteiger partial charge in [0.2, 0.25) is 0 Å². The Morgan fingerprint density at radius 3 is 2.69 bits per heavy atom. The molecule has 0 radical (unpaired) electrons. The number of fused-ring (bicyclic) bond motifs is 1. The molecule has 0 atom stereocenters. The molecule has 29 heavy (non-hydrogen) atoms. The highest BCUT2D eigenvalue weighted by molar-refractivity contribution is 7.17. The van der Waals surface area contributed by atoms with E-state index in [4.69, 9.17) is 14.5 Å². The lowest BCUT2D eigenvalue weighted by Crippen LogP contribution is -2.36. The molecule has 0 N–H and O–H groups in total. The van der Waals surface area contributed by atoms with Crippen LogP contribution in [0.3, 0.4) is 0 Å². The standard InChI is InChI=1S/C22H20N2O4S/c1-14-3-5-15(6-4-14)21-23-17-9-10-24(22(26)20(17)29-21)16-7-8-18(28-12-11-25)19(13-16)27-2/h3-8,11,13H,9-10,12H2,1-2H3. The van der Waals surface area contributed by atoms with Crippen molar-refractivity contribution in [2.45, 2.75) is 13.3 Å². The van der Waals surface area contributed by atoms with Crippen molar-refractivity contribution in [1.29, 1.82) is 0 Å². The number of aldehydes is 1. The molecule has 1 aromatic heterocycles. The van der Waals surface area contributed by atoms with Crippen molar-refractivity contribution in [3.8, 4) is 22.1 Å². The lowest BCUT2D eigenvalue weighted by molar-refractivity contribution is -0.109. The molecule has 7 heteroatoms. The molecule has 148 valence electrons. The van der Waals surface area contributed by atoms with Crippen LogP contribution in [0.15, 0.2) is 42.5 Å². The zero-order valence-corrected chi connectivity index (χ0v) is 17.0. The Bertz CT molecular complexity index is 1060. The summed E-state index contributed by atoms with van der Waals surface area (Å²) in [5, 5.41) is 0.861. The largest absolute Gasteiger partial charge is 0.493 e. The lowest BCUT2D eigenvalue weighted by atomic mass is 10.1. The van der Waals surface area contributed by atoms with Crippen molar-refractivity contribution in [3.63, 3.8) is 0 Å². The van der Waals surface area contributed by atoms with Gasteiger partial charge in [-0.1, -0.05) is 29.8 Å². The van der Waals surface area contributed by atoms with Crippen LogP contribution in [0.4, 0.5) is 5.69 Å². The number of carbonyl (C=O) groups is 2. The fraction of sp³-hybridized carbons (Fsp3) is 0.227. The third kappa shape index (κ3) is 3.73. The monoisotopic (exact) mass is 408 g/mol. The first kappa shape index (κ1) is 19.1. The maximum Gasteiger partial charge on any atom is 0.270 e. The number of anilines is 1.